The molecule has 0 heterocycles. The zero-order chi connectivity index (χ0) is 16.0. The first-order chi connectivity index (χ1) is 9.95. The van der Waals surface area contributed by atoms with E-state index in [-0.39, 0.29) is 0 Å². The minimum Gasteiger partial charge on any atom is -0.478 e. The van der Waals surface area contributed by atoms with E-state index in [1.54, 1.807) is 0 Å². The molecule has 0 spiro atoms. The van der Waals surface area contributed by atoms with Crippen molar-refractivity contribution < 1.29 is 4.74 Å². The molecular formula is C14H25Cl3OS3. The zero-order valence-corrected chi connectivity index (χ0v) is 17.3. The Balaban J connectivity index is 3.20. The normalized spacial score (nSPS) is 11.6. The number of unbranched alkanes of at least 4 members (excludes halogenated alkanes) is 9. The van der Waals surface area contributed by atoms with Crippen LogP contribution in [0.1, 0.15) is 71.1 Å². The molecule has 0 aromatic heterocycles. The first kappa shape index (κ1) is 22.5. The summed E-state index contributed by atoms with van der Waals surface area (Å²) in [6, 6.07) is 0. The summed E-state index contributed by atoms with van der Waals surface area (Å²) in [5.41, 5.74) is 0. The van der Waals surface area contributed by atoms with Gasteiger partial charge in [0.2, 0.25) is 7.51 Å². The summed E-state index contributed by atoms with van der Waals surface area (Å²) in [5.74, 6) is 0. The molecule has 0 aliphatic heterocycles. The Hall–Kier alpha value is 1.46. The van der Waals surface area contributed by atoms with Gasteiger partial charge in [-0.3, -0.25) is 0 Å². The van der Waals surface area contributed by atoms with E-state index in [9.17, 15) is 0 Å². The van der Waals surface area contributed by atoms with Crippen LogP contribution in [-0.2, 0) is 4.74 Å². The van der Waals surface area contributed by atoms with Crippen LogP contribution in [0.25, 0.3) is 0 Å². The molecule has 0 aromatic carbocycles. The van der Waals surface area contributed by atoms with E-state index in [1.165, 1.54) is 68.6 Å². The molecule has 7 heteroatoms. The molecule has 21 heavy (non-hydrogen) atoms. The summed E-state index contributed by atoms with van der Waals surface area (Å²) in [7, 11) is 2.27. The molecule has 0 unspecified atom stereocenters. The van der Waals surface area contributed by atoms with Crippen LogP contribution in [0, 0.1) is 0 Å². The van der Waals surface area contributed by atoms with Crippen molar-refractivity contribution in [3.8, 4) is 0 Å². The maximum atomic E-state index is 5.61. The number of rotatable bonds is 12. The van der Waals surface area contributed by atoms with Gasteiger partial charge in [-0.1, -0.05) is 99.5 Å². The third kappa shape index (κ3) is 19.4. The van der Waals surface area contributed by atoms with Crippen LogP contribution < -0.4 is 0 Å². The molecule has 1 nitrogen and oxygen atoms in total. The van der Waals surface area contributed by atoms with Crippen LogP contribution in [0.5, 0.6) is 0 Å². The van der Waals surface area contributed by atoms with E-state index in [0.29, 0.717) is 11.0 Å². The van der Waals surface area contributed by atoms with Gasteiger partial charge >= 0.3 is 0 Å². The Labute approximate surface area is 158 Å². The second kappa shape index (κ2) is 15.0. The second-order valence-electron chi connectivity index (χ2n) is 4.89. The Morgan fingerprint density at radius 3 is 1.86 bits per heavy atom. The molecule has 0 amide bonds. The van der Waals surface area contributed by atoms with Crippen LogP contribution in [-0.4, -0.2) is 14.1 Å². The van der Waals surface area contributed by atoms with Gasteiger partial charge in [-0.25, -0.2) is 0 Å². The van der Waals surface area contributed by atoms with Crippen molar-refractivity contribution in [1.82, 2.24) is 0 Å². The molecule has 0 saturated heterocycles. The lowest BCUT2D eigenvalue weighted by molar-refractivity contribution is 0.308. The highest BCUT2D eigenvalue weighted by molar-refractivity contribution is 8.84. The van der Waals surface area contributed by atoms with Gasteiger partial charge in [-0.15, -0.1) is 0 Å². The molecule has 126 valence electrons. The minimum atomic E-state index is -1.35. The highest BCUT2D eigenvalue weighted by Crippen LogP contribution is 2.46. The number of ether oxygens (including phenoxy) is 1. The van der Waals surface area contributed by atoms with Crippen LogP contribution in [0.4, 0.5) is 0 Å². The van der Waals surface area contributed by atoms with E-state index in [1.807, 2.05) is 0 Å². The Bertz CT molecular complexity index is 260. The summed E-state index contributed by atoms with van der Waals surface area (Å²) in [5, 5.41) is 0. The van der Waals surface area contributed by atoms with Gasteiger partial charge in [0.1, 0.15) is 0 Å². The number of halogens is 3. The standard InChI is InChI=1S/C14H25Cl3OS3/c1-2-3-4-5-6-7-8-9-10-11-12-18-13(19)20-21-14(15,16)17/h2-12H2,1H3. The van der Waals surface area contributed by atoms with Gasteiger partial charge in [0, 0.05) is 0 Å². The quantitative estimate of drug-likeness (QED) is 0.139. The number of alkyl halides is 3. The average molecular weight is 412 g/mol. The minimum absolute atomic E-state index is 0.433. The van der Waals surface area contributed by atoms with Crippen molar-refractivity contribution in [2.45, 2.75) is 74.3 Å². The summed E-state index contributed by atoms with van der Waals surface area (Å²) in [4.78, 5) is 0. The second-order valence-corrected chi connectivity index (χ2v) is 10.8. The van der Waals surface area contributed by atoms with Crippen molar-refractivity contribution in [3.05, 3.63) is 0 Å². The summed E-state index contributed by atoms with van der Waals surface area (Å²) in [6.45, 7) is 2.91. The third-order valence-electron chi connectivity index (χ3n) is 2.92. The predicted molar refractivity (Wildman–Crippen MR) is 106 cm³/mol. The Morgan fingerprint density at radius 2 is 1.38 bits per heavy atom. The molecule has 0 atom stereocenters. The predicted octanol–water partition coefficient (Wildman–Crippen LogP) is 7.92. The molecule has 0 radical (unpaired) electrons. The van der Waals surface area contributed by atoms with Crippen LogP contribution in [0.15, 0.2) is 0 Å². The highest BCUT2D eigenvalue weighted by atomic mass is 35.6. The molecule has 0 fully saturated rings. The van der Waals surface area contributed by atoms with E-state index >= 15 is 0 Å². The Morgan fingerprint density at radius 1 is 0.905 bits per heavy atom. The maximum Gasteiger partial charge on any atom is 0.247 e. The van der Waals surface area contributed by atoms with Crippen molar-refractivity contribution in [3.63, 3.8) is 0 Å². The van der Waals surface area contributed by atoms with Gasteiger partial charge in [-0.05, 0) is 40.2 Å². The van der Waals surface area contributed by atoms with Crippen LogP contribution in [0.3, 0.4) is 0 Å². The van der Waals surface area contributed by atoms with Gasteiger partial charge in [-0.2, -0.15) is 0 Å². The first-order valence-corrected chi connectivity index (χ1v) is 11.2. The summed E-state index contributed by atoms with van der Waals surface area (Å²) in [6.07, 6.45) is 13.1. The number of hydrogen-bond acceptors (Lipinski definition) is 4. The zero-order valence-electron chi connectivity index (χ0n) is 12.5. The van der Waals surface area contributed by atoms with Crippen LogP contribution in [0.2, 0.25) is 0 Å². The average Bonchev–Trinajstić information content (AvgIpc) is 2.42. The molecule has 0 aromatic rings. The smallest absolute Gasteiger partial charge is 0.247 e. The third-order valence-corrected chi connectivity index (χ3v) is 7.10. The van der Waals surface area contributed by atoms with Crippen molar-refractivity contribution in [2.75, 3.05) is 6.61 Å². The van der Waals surface area contributed by atoms with E-state index in [4.69, 9.17) is 51.8 Å². The molecule has 0 aliphatic rings. The SMILES string of the molecule is CCCCCCCCCCCCOC(=S)SSC(Cl)(Cl)Cl. The number of thiocarbonyl (C=S) groups is 1. The molecule has 0 saturated carbocycles. The summed E-state index contributed by atoms with van der Waals surface area (Å²) < 4.78 is 4.49. The maximum absolute atomic E-state index is 5.61. The van der Waals surface area contributed by atoms with Crippen molar-refractivity contribution in [1.29, 1.82) is 0 Å². The summed E-state index contributed by atoms with van der Waals surface area (Å²) >= 11 is 21.9. The van der Waals surface area contributed by atoms with E-state index in [0.717, 1.165) is 17.2 Å². The lowest BCUT2D eigenvalue weighted by atomic mass is 10.1. The molecule has 0 rings (SSSR count). The molecule has 0 aliphatic carbocycles. The molecule has 0 bridgehead atoms. The lowest BCUT2D eigenvalue weighted by Crippen LogP contribution is -2.00. The van der Waals surface area contributed by atoms with Gasteiger partial charge < -0.3 is 4.74 Å². The highest BCUT2D eigenvalue weighted by Gasteiger charge is 2.22. The first-order valence-electron chi connectivity index (χ1n) is 7.55. The van der Waals surface area contributed by atoms with E-state index < -0.39 is 3.12 Å². The van der Waals surface area contributed by atoms with Crippen molar-refractivity contribution in [2.24, 2.45) is 0 Å². The van der Waals surface area contributed by atoms with Gasteiger partial charge in [0.25, 0.3) is 0 Å². The largest absolute Gasteiger partial charge is 0.478 e. The van der Waals surface area contributed by atoms with E-state index in [2.05, 4.69) is 6.92 Å². The van der Waals surface area contributed by atoms with Crippen molar-refractivity contribution >= 4 is 73.0 Å². The molecular weight excluding hydrogens is 387 g/mol. The van der Waals surface area contributed by atoms with Gasteiger partial charge in [0.05, 0.1) is 6.61 Å². The Kier molecular flexibility index (Phi) is 16.1. The lowest BCUT2D eigenvalue weighted by Gasteiger charge is -2.10. The van der Waals surface area contributed by atoms with Gasteiger partial charge in [0.15, 0.2) is 0 Å². The fourth-order valence-electron chi connectivity index (χ4n) is 1.85. The fraction of sp³-hybridized carbons (Fsp3) is 0.929. The van der Waals surface area contributed by atoms with Crippen LogP contribution >= 0.6 is 68.6 Å². The molecule has 0 N–H and O–H groups in total. The topological polar surface area (TPSA) is 9.23 Å². The fourth-order valence-corrected chi connectivity index (χ4v) is 4.02. The monoisotopic (exact) mass is 410 g/mol. The number of hydrogen-bond donors (Lipinski definition) is 0.